The Morgan fingerprint density at radius 2 is 2.23 bits per heavy atom. The minimum Gasteiger partial charge on any atom is -0.496 e. The van der Waals surface area contributed by atoms with E-state index in [4.69, 9.17) is 4.74 Å². The molecule has 0 aliphatic rings. The van der Waals surface area contributed by atoms with Gasteiger partial charge in [-0.1, -0.05) is 22.9 Å². The van der Waals surface area contributed by atoms with Crippen LogP contribution in [0.4, 0.5) is 0 Å². The van der Waals surface area contributed by atoms with Crippen molar-refractivity contribution < 1.29 is 4.74 Å². The molecule has 0 aliphatic heterocycles. The van der Waals surface area contributed by atoms with Crippen LogP contribution in [0.2, 0.25) is 0 Å². The molecule has 0 atom stereocenters. The van der Waals surface area contributed by atoms with Gasteiger partial charge in [-0.3, -0.25) is 0 Å². The quantitative estimate of drug-likeness (QED) is 0.817. The Hall–Kier alpha value is -0.150. The van der Waals surface area contributed by atoms with Gasteiger partial charge in [0.25, 0.3) is 0 Å². The van der Waals surface area contributed by atoms with Gasteiger partial charge in [0.2, 0.25) is 0 Å². The Morgan fingerprint density at radius 3 is 2.85 bits per heavy atom. The van der Waals surface area contributed by atoms with Crippen LogP contribution in [0.5, 0.6) is 5.75 Å². The molecule has 72 valence electrons. The molecule has 1 aromatic carbocycles. The molecule has 0 fully saturated rings. The Bertz CT molecular complexity index is 276. The summed E-state index contributed by atoms with van der Waals surface area (Å²) >= 11 is 5.35. The first-order chi connectivity index (χ1) is 6.27. The standard InChI is InChI=1S/C10H13BrOS/c1-3-13-7-8-6-9(11)4-5-10(8)12-2/h4-6H,3,7H2,1-2H3. The van der Waals surface area contributed by atoms with Crippen molar-refractivity contribution >= 4 is 27.7 Å². The van der Waals surface area contributed by atoms with Crippen LogP contribution in [0, 0.1) is 0 Å². The molecule has 0 saturated heterocycles. The van der Waals surface area contributed by atoms with E-state index in [1.807, 2.05) is 23.9 Å². The highest BCUT2D eigenvalue weighted by Gasteiger charge is 2.02. The van der Waals surface area contributed by atoms with Crippen LogP contribution in [-0.2, 0) is 5.75 Å². The maximum Gasteiger partial charge on any atom is 0.122 e. The van der Waals surface area contributed by atoms with Gasteiger partial charge in [-0.15, -0.1) is 0 Å². The van der Waals surface area contributed by atoms with Crippen molar-refractivity contribution in [3.63, 3.8) is 0 Å². The lowest BCUT2D eigenvalue weighted by atomic mass is 10.2. The SMILES string of the molecule is CCSCc1cc(Br)ccc1OC. The molecule has 0 N–H and O–H groups in total. The molecule has 0 spiro atoms. The highest BCUT2D eigenvalue weighted by molar-refractivity contribution is 9.10. The number of methoxy groups -OCH3 is 1. The average molecular weight is 261 g/mol. The van der Waals surface area contributed by atoms with E-state index in [-0.39, 0.29) is 0 Å². The summed E-state index contributed by atoms with van der Waals surface area (Å²) < 4.78 is 6.37. The zero-order valence-electron chi connectivity index (χ0n) is 7.84. The van der Waals surface area contributed by atoms with E-state index in [2.05, 4.69) is 28.9 Å². The lowest BCUT2D eigenvalue weighted by Crippen LogP contribution is -1.90. The molecular formula is C10H13BrOS. The lowest BCUT2D eigenvalue weighted by Gasteiger charge is -2.07. The zero-order chi connectivity index (χ0) is 9.68. The van der Waals surface area contributed by atoms with Crippen molar-refractivity contribution in [1.82, 2.24) is 0 Å². The van der Waals surface area contributed by atoms with Crippen molar-refractivity contribution in [2.45, 2.75) is 12.7 Å². The first-order valence-corrected chi connectivity index (χ1v) is 6.13. The topological polar surface area (TPSA) is 9.23 Å². The summed E-state index contributed by atoms with van der Waals surface area (Å²) in [6.45, 7) is 2.16. The summed E-state index contributed by atoms with van der Waals surface area (Å²) in [5, 5.41) is 0. The predicted molar refractivity (Wildman–Crippen MR) is 62.5 cm³/mol. The molecule has 0 unspecified atom stereocenters. The number of thioether (sulfide) groups is 1. The monoisotopic (exact) mass is 260 g/mol. The van der Waals surface area contributed by atoms with E-state index in [1.165, 1.54) is 5.56 Å². The summed E-state index contributed by atoms with van der Waals surface area (Å²) in [6, 6.07) is 6.11. The third-order valence-electron chi connectivity index (χ3n) is 1.70. The average Bonchev–Trinajstić information content (AvgIpc) is 2.15. The second kappa shape index (κ2) is 5.55. The Balaban J connectivity index is 2.81. The minimum atomic E-state index is 0.976. The first kappa shape index (κ1) is 10.9. The van der Waals surface area contributed by atoms with Crippen LogP contribution >= 0.6 is 27.7 Å². The van der Waals surface area contributed by atoms with Gasteiger partial charge in [-0.2, -0.15) is 11.8 Å². The summed E-state index contributed by atoms with van der Waals surface area (Å²) in [5.74, 6) is 3.12. The lowest BCUT2D eigenvalue weighted by molar-refractivity contribution is 0.411. The molecular weight excluding hydrogens is 248 g/mol. The van der Waals surface area contributed by atoms with Gasteiger partial charge in [0, 0.05) is 15.8 Å². The van der Waals surface area contributed by atoms with Crippen LogP contribution < -0.4 is 4.74 Å². The van der Waals surface area contributed by atoms with Crippen molar-refractivity contribution in [3.8, 4) is 5.75 Å². The maximum absolute atomic E-state index is 5.26. The van der Waals surface area contributed by atoms with Crippen LogP contribution in [-0.4, -0.2) is 12.9 Å². The van der Waals surface area contributed by atoms with Crippen molar-refractivity contribution in [1.29, 1.82) is 0 Å². The molecule has 0 saturated carbocycles. The van der Waals surface area contributed by atoms with Crippen molar-refractivity contribution in [3.05, 3.63) is 28.2 Å². The van der Waals surface area contributed by atoms with Crippen LogP contribution in [0.25, 0.3) is 0 Å². The van der Waals surface area contributed by atoms with E-state index in [0.29, 0.717) is 0 Å². The highest BCUT2D eigenvalue weighted by atomic mass is 79.9. The second-order valence-corrected chi connectivity index (χ2v) is 4.78. The maximum atomic E-state index is 5.26. The zero-order valence-corrected chi connectivity index (χ0v) is 10.2. The molecule has 1 aromatic rings. The van der Waals surface area contributed by atoms with Gasteiger partial charge in [0.05, 0.1) is 7.11 Å². The van der Waals surface area contributed by atoms with Gasteiger partial charge < -0.3 is 4.74 Å². The molecule has 0 aliphatic carbocycles. The Kier molecular flexibility index (Phi) is 4.67. The number of hydrogen-bond acceptors (Lipinski definition) is 2. The molecule has 0 bridgehead atoms. The van der Waals surface area contributed by atoms with Gasteiger partial charge in [-0.25, -0.2) is 0 Å². The highest BCUT2D eigenvalue weighted by Crippen LogP contribution is 2.26. The third-order valence-corrected chi connectivity index (χ3v) is 3.12. The second-order valence-electron chi connectivity index (χ2n) is 2.59. The largest absolute Gasteiger partial charge is 0.496 e. The van der Waals surface area contributed by atoms with Crippen molar-refractivity contribution in [2.75, 3.05) is 12.9 Å². The molecule has 0 aromatic heterocycles. The molecule has 0 heterocycles. The van der Waals surface area contributed by atoms with Crippen LogP contribution in [0.1, 0.15) is 12.5 Å². The molecule has 3 heteroatoms. The third kappa shape index (κ3) is 3.24. The van der Waals surface area contributed by atoms with E-state index in [0.717, 1.165) is 21.7 Å². The summed E-state index contributed by atoms with van der Waals surface area (Å²) in [6.07, 6.45) is 0. The molecule has 0 amide bonds. The summed E-state index contributed by atoms with van der Waals surface area (Å²) in [5.41, 5.74) is 1.25. The molecule has 1 nitrogen and oxygen atoms in total. The number of halogens is 1. The molecule has 1 rings (SSSR count). The van der Waals surface area contributed by atoms with Gasteiger partial charge in [0.15, 0.2) is 0 Å². The Morgan fingerprint density at radius 1 is 1.46 bits per heavy atom. The Labute approximate surface area is 92.0 Å². The first-order valence-electron chi connectivity index (χ1n) is 4.18. The number of benzene rings is 1. The van der Waals surface area contributed by atoms with E-state index in [1.54, 1.807) is 7.11 Å². The number of ether oxygens (including phenoxy) is 1. The van der Waals surface area contributed by atoms with Gasteiger partial charge in [-0.05, 0) is 24.0 Å². The molecule has 13 heavy (non-hydrogen) atoms. The van der Waals surface area contributed by atoms with Gasteiger partial charge in [0.1, 0.15) is 5.75 Å². The van der Waals surface area contributed by atoms with Gasteiger partial charge >= 0.3 is 0 Å². The summed E-state index contributed by atoms with van der Waals surface area (Å²) in [4.78, 5) is 0. The smallest absolute Gasteiger partial charge is 0.122 e. The minimum absolute atomic E-state index is 0.976. The fourth-order valence-corrected chi connectivity index (χ4v) is 2.13. The predicted octanol–water partition coefficient (Wildman–Crippen LogP) is 3.71. The number of hydrogen-bond donors (Lipinski definition) is 0. The van der Waals surface area contributed by atoms with E-state index >= 15 is 0 Å². The van der Waals surface area contributed by atoms with Crippen molar-refractivity contribution in [2.24, 2.45) is 0 Å². The summed E-state index contributed by atoms with van der Waals surface area (Å²) in [7, 11) is 1.71. The number of rotatable bonds is 4. The normalized spacial score (nSPS) is 10.1. The van der Waals surface area contributed by atoms with E-state index in [9.17, 15) is 0 Å². The van der Waals surface area contributed by atoms with Crippen LogP contribution in [0.15, 0.2) is 22.7 Å². The van der Waals surface area contributed by atoms with Crippen LogP contribution in [0.3, 0.4) is 0 Å². The fourth-order valence-electron chi connectivity index (χ4n) is 1.07. The fraction of sp³-hybridized carbons (Fsp3) is 0.400. The van der Waals surface area contributed by atoms with E-state index < -0.39 is 0 Å². The molecule has 0 radical (unpaired) electrons.